The maximum absolute atomic E-state index is 11.1. The van der Waals surface area contributed by atoms with Crippen molar-refractivity contribution in [3.05, 3.63) is 0 Å². The number of carbonyl (C=O) groups is 2. The fourth-order valence-electron chi connectivity index (χ4n) is 1.69. The van der Waals surface area contributed by atoms with Crippen molar-refractivity contribution < 1.29 is 14.7 Å². The number of nitrogens with one attached hydrogen (secondary N) is 1. The van der Waals surface area contributed by atoms with Crippen LogP contribution in [0.5, 0.6) is 0 Å². The topological polar surface area (TPSA) is 95.7 Å². The van der Waals surface area contributed by atoms with Crippen LogP contribution in [0.2, 0.25) is 0 Å². The van der Waals surface area contributed by atoms with Crippen molar-refractivity contribution in [2.75, 3.05) is 19.6 Å². The number of urea groups is 1. The van der Waals surface area contributed by atoms with Gasteiger partial charge in [0.15, 0.2) is 0 Å². The molecule has 0 aromatic carbocycles. The van der Waals surface area contributed by atoms with E-state index in [-0.39, 0.29) is 18.4 Å². The number of amides is 3. The third kappa shape index (κ3) is 4.75. The lowest BCUT2D eigenvalue weighted by Gasteiger charge is -2.29. The molecule has 1 fully saturated rings. The molecule has 3 amide bonds. The van der Waals surface area contributed by atoms with Crippen molar-refractivity contribution >= 4 is 11.9 Å². The number of nitrogens with zero attached hydrogens (tertiary/aromatic N) is 1. The molecule has 0 bridgehead atoms. The highest BCUT2D eigenvalue weighted by Crippen LogP contribution is 2.09. The summed E-state index contributed by atoms with van der Waals surface area (Å²) in [6, 6.07) is -0.821. The Kier molecular flexibility index (Phi) is 4.51. The zero-order valence-electron chi connectivity index (χ0n) is 8.61. The van der Waals surface area contributed by atoms with E-state index in [1.54, 1.807) is 0 Å². The molecule has 0 aromatic rings. The molecule has 0 spiro atoms. The van der Waals surface area contributed by atoms with Gasteiger partial charge in [-0.1, -0.05) is 0 Å². The molecule has 1 atom stereocenters. The van der Waals surface area contributed by atoms with E-state index >= 15 is 0 Å². The van der Waals surface area contributed by atoms with Crippen molar-refractivity contribution in [2.45, 2.75) is 25.4 Å². The van der Waals surface area contributed by atoms with E-state index in [1.807, 2.05) is 10.2 Å². The zero-order chi connectivity index (χ0) is 11.3. The largest absolute Gasteiger partial charge is 0.392 e. The normalized spacial score (nSPS) is 22.3. The van der Waals surface area contributed by atoms with E-state index in [1.165, 1.54) is 0 Å². The minimum atomic E-state index is -0.821. The summed E-state index contributed by atoms with van der Waals surface area (Å²) in [5, 5.41) is 11.4. The molecular formula is C9H17N3O3. The Labute approximate surface area is 88.4 Å². The van der Waals surface area contributed by atoms with Crippen LogP contribution in [0.4, 0.5) is 4.79 Å². The Balaban J connectivity index is 2.18. The molecule has 0 aromatic heterocycles. The van der Waals surface area contributed by atoms with Crippen molar-refractivity contribution in [3.8, 4) is 0 Å². The number of likely N-dealkylation sites (tertiary alicyclic amines) is 1. The van der Waals surface area contributed by atoms with Gasteiger partial charge in [-0.25, -0.2) is 4.79 Å². The highest BCUT2D eigenvalue weighted by molar-refractivity contribution is 5.93. The number of imide groups is 1. The first-order chi connectivity index (χ1) is 7.08. The molecule has 0 saturated carbocycles. The van der Waals surface area contributed by atoms with Gasteiger partial charge < -0.3 is 15.7 Å². The standard InChI is InChI=1S/C9H17N3O3/c10-9(15)11-8(14)3-5-12-4-1-2-7(13)6-12/h7,13H,1-6H2,(H3,10,11,14,15)/t7-/m0/s1. The summed E-state index contributed by atoms with van der Waals surface area (Å²) in [6.07, 6.45) is 1.70. The van der Waals surface area contributed by atoms with Crippen LogP contribution in [0.3, 0.4) is 0 Å². The molecule has 4 N–H and O–H groups in total. The fourth-order valence-corrected chi connectivity index (χ4v) is 1.69. The van der Waals surface area contributed by atoms with Crippen LogP contribution in [0.25, 0.3) is 0 Å². The summed E-state index contributed by atoms with van der Waals surface area (Å²) >= 11 is 0. The predicted octanol–water partition coefficient (Wildman–Crippen LogP) is -0.972. The van der Waals surface area contributed by atoms with Gasteiger partial charge in [0, 0.05) is 19.5 Å². The summed E-state index contributed by atoms with van der Waals surface area (Å²) in [4.78, 5) is 23.4. The van der Waals surface area contributed by atoms with E-state index in [0.29, 0.717) is 13.1 Å². The molecule has 6 nitrogen and oxygen atoms in total. The summed E-state index contributed by atoms with van der Waals surface area (Å²) in [7, 11) is 0. The summed E-state index contributed by atoms with van der Waals surface area (Å²) in [6.45, 7) is 2.04. The summed E-state index contributed by atoms with van der Waals surface area (Å²) in [5.41, 5.74) is 4.80. The number of carbonyl (C=O) groups excluding carboxylic acids is 2. The number of aliphatic hydroxyl groups is 1. The number of hydrogen-bond acceptors (Lipinski definition) is 4. The van der Waals surface area contributed by atoms with Crippen LogP contribution in [0, 0.1) is 0 Å². The molecule has 86 valence electrons. The van der Waals surface area contributed by atoms with E-state index in [4.69, 9.17) is 5.73 Å². The molecule has 0 unspecified atom stereocenters. The van der Waals surface area contributed by atoms with Crippen LogP contribution in [0.15, 0.2) is 0 Å². The highest BCUT2D eigenvalue weighted by Gasteiger charge is 2.18. The number of piperidine rings is 1. The van der Waals surface area contributed by atoms with E-state index in [0.717, 1.165) is 19.4 Å². The number of nitrogens with two attached hydrogens (primary N) is 1. The average molecular weight is 215 g/mol. The quantitative estimate of drug-likeness (QED) is 0.564. The fraction of sp³-hybridized carbons (Fsp3) is 0.778. The van der Waals surface area contributed by atoms with Gasteiger partial charge in [-0.15, -0.1) is 0 Å². The summed E-state index contributed by atoms with van der Waals surface area (Å²) in [5.74, 6) is -0.373. The van der Waals surface area contributed by atoms with Crippen molar-refractivity contribution in [2.24, 2.45) is 5.73 Å². The maximum Gasteiger partial charge on any atom is 0.318 e. The molecule has 1 rings (SSSR count). The lowest BCUT2D eigenvalue weighted by Crippen LogP contribution is -2.41. The Morgan fingerprint density at radius 2 is 2.27 bits per heavy atom. The Hall–Kier alpha value is -1.14. The number of primary amides is 1. The second kappa shape index (κ2) is 5.67. The van der Waals surface area contributed by atoms with E-state index < -0.39 is 6.03 Å². The minimum Gasteiger partial charge on any atom is -0.392 e. The second-order valence-electron chi connectivity index (χ2n) is 3.76. The smallest absolute Gasteiger partial charge is 0.318 e. The van der Waals surface area contributed by atoms with Crippen LogP contribution in [-0.2, 0) is 4.79 Å². The molecule has 0 radical (unpaired) electrons. The molecule has 0 aliphatic carbocycles. The number of aliphatic hydroxyl groups excluding tert-OH is 1. The average Bonchev–Trinajstić information content (AvgIpc) is 2.14. The van der Waals surface area contributed by atoms with Crippen LogP contribution in [-0.4, -0.2) is 47.7 Å². The highest BCUT2D eigenvalue weighted by atomic mass is 16.3. The molecular weight excluding hydrogens is 198 g/mol. The van der Waals surface area contributed by atoms with Gasteiger partial charge in [0.25, 0.3) is 0 Å². The van der Waals surface area contributed by atoms with Crippen LogP contribution >= 0.6 is 0 Å². The molecule has 1 saturated heterocycles. The first kappa shape index (κ1) is 11.9. The van der Waals surface area contributed by atoms with E-state index in [9.17, 15) is 14.7 Å². The predicted molar refractivity (Wildman–Crippen MR) is 54.0 cm³/mol. The lowest BCUT2D eigenvalue weighted by atomic mass is 10.1. The van der Waals surface area contributed by atoms with Gasteiger partial charge in [0.1, 0.15) is 0 Å². The second-order valence-corrected chi connectivity index (χ2v) is 3.76. The number of β-amino-alcohol motifs (C(OH)–C–C–N with tert-alkyl or cyclic N) is 1. The van der Waals surface area contributed by atoms with Gasteiger partial charge in [-0.05, 0) is 19.4 Å². The van der Waals surface area contributed by atoms with Gasteiger partial charge in [-0.2, -0.15) is 0 Å². The van der Waals surface area contributed by atoms with Gasteiger partial charge in [-0.3, -0.25) is 10.1 Å². The third-order valence-electron chi connectivity index (χ3n) is 2.40. The Morgan fingerprint density at radius 3 is 2.87 bits per heavy atom. The van der Waals surface area contributed by atoms with Gasteiger partial charge in [0.05, 0.1) is 6.10 Å². The molecule has 6 heteroatoms. The van der Waals surface area contributed by atoms with Crippen molar-refractivity contribution in [3.63, 3.8) is 0 Å². The van der Waals surface area contributed by atoms with Crippen LogP contribution in [0.1, 0.15) is 19.3 Å². The molecule has 1 heterocycles. The van der Waals surface area contributed by atoms with Gasteiger partial charge >= 0.3 is 6.03 Å². The first-order valence-corrected chi connectivity index (χ1v) is 5.07. The van der Waals surface area contributed by atoms with Crippen LogP contribution < -0.4 is 11.1 Å². The van der Waals surface area contributed by atoms with Crippen molar-refractivity contribution in [1.82, 2.24) is 10.2 Å². The number of hydrogen-bond donors (Lipinski definition) is 3. The SMILES string of the molecule is NC(=O)NC(=O)CCN1CCC[C@H](O)C1. The Morgan fingerprint density at radius 1 is 1.53 bits per heavy atom. The first-order valence-electron chi connectivity index (χ1n) is 5.07. The molecule has 15 heavy (non-hydrogen) atoms. The van der Waals surface area contributed by atoms with Gasteiger partial charge in [0.2, 0.25) is 5.91 Å². The Bertz CT molecular complexity index is 245. The number of rotatable bonds is 3. The lowest BCUT2D eigenvalue weighted by molar-refractivity contribution is -0.120. The minimum absolute atomic E-state index is 0.232. The van der Waals surface area contributed by atoms with E-state index in [2.05, 4.69) is 0 Å². The summed E-state index contributed by atoms with van der Waals surface area (Å²) < 4.78 is 0. The zero-order valence-corrected chi connectivity index (χ0v) is 8.61. The maximum atomic E-state index is 11.1. The monoisotopic (exact) mass is 215 g/mol. The third-order valence-corrected chi connectivity index (χ3v) is 2.40. The molecule has 1 aliphatic rings. The molecule has 1 aliphatic heterocycles. The van der Waals surface area contributed by atoms with Crippen molar-refractivity contribution in [1.29, 1.82) is 0 Å².